The zero-order chi connectivity index (χ0) is 18.6. The molecular weight excluding hydrogens is 330 g/mol. The molecule has 0 aromatic heterocycles. The van der Waals surface area contributed by atoms with Crippen LogP contribution in [0, 0.1) is 0 Å². The lowest BCUT2D eigenvalue weighted by atomic mass is 10.1. The van der Waals surface area contributed by atoms with Gasteiger partial charge in [-0.2, -0.15) is 0 Å². The van der Waals surface area contributed by atoms with E-state index in [1.807, 2.05) is 0 Å². The van der Waals surface area contributed by atoms with E-state index >= 15 is 0 Å². The summed E-state index contributed by atoms with van der Waals surface area (Å²) in [6.07, 6.45) is 1.27. The molecule has 150 valence electrons. The summed E-state index contributed by atoms with van der Waals surface area (Å²) < 4.78 is 21.3. The summed E-state index contributed by atoms with van der Waals surface area (Å²) in [7, 11) is 0. The highest BCUT2D eigenvalue weighted by Crippen LogP contribution is 2.00. The van der Waals surface area contributed by atoms with Crippen molar-refractivity contribution in [1.29, 1.82) is 0 Å². The van der Waals surface area contributed by atoms with Gasteiger partial charge in [-0.3, -0.25) is 4.79 Å². The van der Waals surface area contributed by atoms with Crippen LogP contribution in [0.15, 0.2) is 0 Å². The first-order chi connectivity index (χ1) is 12.2. The summed E-state index contributed by atoms with van der Waals surface area (Å²) in [5, 5.41) is 20.8. The van der Waals surface area contributed by atoms with Crippen LogP contribution in [0.25, 0.3) is 0 Å². The number of hydrogen-bond donors (Lipinski definition) is 3. The minimum Gasteiger partial charge on any atom is -0.396 e. The quantitative estimate of drug-likeness (QED) is 0.279. The second kappa shape index (κ2) is 19.6. The van der Waals surface area contributed by atoms with Crippen LogP contribution in [0.2, 0.25) is 0 Å². The molecule has 8 heteroatoms. The van der Waals surface area contributed by atoms with Crippen molar-refractivity contribution in [2.45, 2.75) is 38.7 Å². The summed E-state index contributed by atoms with van der Waals surface area (Å²) in [5.74, 6) is -0.217. The zero-order valence-corrected chi connectivity index (χ0v) is 15.4. The average Bonchev–Trinajstić information content (AvgIpc) is 2.60. The maximum absolute atomic E-state index is 11.5. The van der Waals surface area contributed by atoms with Crippen LogP contribution in [0.4, 0.5) is 0 Å². The molecule has 0 aliphatic heterocycles. The van der Waals surface area contributed by atoms with Gasteiger partial charge >= 0.3 is 0 Å². The van der Waals surface area contributed by atoms with Crippen molar-refractivity contribution in [2.24, 2.45) is 0 Å². The molecule has 0 aromatic carbocycles. The van der Waals surface area contributed by atoms with Gasteiger partial charge in [-0.25, -0.2) is 0 Å². The molecule has 25 heavy (non-hydrogen) atoms. The number of rotatable bonds is 19. The largest absolute Gasteiger partial charge is 0.396 e. The van der Waals surface area contributed by atoms with Crippen molar-refractivity contribution in [3.63, 3.8) is 0 Å². The smallest absolute Gasteiger partial charge is 0.222 e. The number of hydrogen-bond acceptors (Lipinski definition) is 7. The van der Waals surface area contributed by atoms with E-state index in [1.165, 1.54) is 0 Å². The van der Waals surface area contributed by atoms with Crippen molar-refractivity contribution in [3.05, 3.63) is 0 Å². The van der Waals surface area contributed by atoms with Crippen LogP contribution in [0.5, 0.6) is 0 Å². The maximum Gasteiger partial charge on any atom is 0.222 e. The van der Waals surface area contributed by atoms with E-state index in [2.05, 4.69) is 12.2 Å². The molecule has 1 atom stereocenters. The zero-order valence-electron chi connectivity index (χ0n) is 15.4. The first-order valence-corrected chi connectivity index (χ1v) is 9.07. The number of aliphatic hydroxyl groups excluding tert-OH is 2. The minimum atomic E-state index is -0.707. The number of ether oxygens (including phenoxy) is 4. The van der Waals surface area contributed by atoms with Gasteiger partial charge in [0.1, 0.15) is 0 Å². The number of carbonyl (C=O) groups excluding carboxylic acids is 1. The van der Waals surface area contributed by atoms with Crippen LogP contribution < -0.4 is 5.32 Å². The Morgan fingerprint density at radius 3 is 1.96 bits per heavy atom. The van der Waals surface area contributed by atoms with Crippen LogP contribution in [0.1, 0.15) is 32.6 Å². The summed E-state index contributed by atoms with van der Waals surface area (Å²) >= 11 is 0. The van der Waals surface area contributed by atoms with E-state index in [0.717, 1.165) is 13.0 Å². The Morgan fingerprint density at radius 1 is 0.920 bits per heavy atom. The van der Waals surface area contributed by atoms with Gasteiger partial charge in [0.15, 0.2) is 0 Å². The second-order valence-corrected chi connectivity index (χ2v) is 5.52. The average molecular weight is 365 g/mol. The van der Waals surface area contributed by atoms with Gasteiger partial charge in [-0.1, -0.05) is 6.92 Å². The van der Waals surface area contributed by atoms with Crippen LogP contribution in [-0.2, 0) is 23.7 Å². The van der Waals surface area contributed by atoms with Gasteiger partial charge in [0.25, 0.3) is 0 Å². The summed E-state index contributed by atoms with van der Waals surface area (Å²) in [6.45, 7) is 6.81. The predicted molar refractivity (Wildman–Crippen MR) is 93.5 cm³/mol. The van der Waals surface area contributed by atoms with Crippen molar-refractivity contribution < 1.29 is 34.0 Å². The Labute approximate surface area is 150 Å². The third-order valence-corrected chi connectivity index (χ3v) is 3.15. The predicted octanol–water partition coefficient (Wildman–Crippen LogP) is 0.103. The number of amides is 1. The Balaban J connectivity index is 3.19. The van der Waals surface area contributed by atoms with Gasteiger partial charge in [0, 0.05) is 19.8 Å². The van der Waals surface area contributed by atoms with Gasteiger partial charge in [0.05, 0.1) is 58.8 Å². The van der Waals surface area contributed by atoms with Gasteiger partial charge in [0.2, 0.25) is 5.91 Å². The van der Waals surface area contributed by atoms with Crippen molar-refractivity contribution in [1.82, 2.24) is 5.32 Å². The second-order valence-electron chi connectivity index (χ2n) is 5.52. The SMILES string of the molecule is CCCOCCOCCOCCOCCNC(=O)CC(O)CCCO. The molecule has 3 N–H and O–H groups in total. The number of nitrogens with one attached hydrogen (secondary N) is 1. The lowest BCUT2D eigenvalue weighted by Crippen LogP contribution is -2.30. The first kappa shape index (κ1) is 24.2. The van der Waals surface area contributed by atoms with E-state index in [1.54, 1.807) is 0 Å². The van der Waals surface area contributed by atoms with E-state index in [0.29, 0.717) is 65.6 Å². The van der Waals surface area contributed by atoms with Crippen molar-refractivity contribution >= 4 is 5.91 Å². The number of carbonyl (C=O) groups is 1. The molecule has 0 radical (unpaired) electrons. The monoisotopic (exact) mass is 365 g/mol. The molecule has 0 aliphatic carbocycles. The molecule has 0 aromatic rings. The summed E-state index contributed by atoms with van der Waals surface area (Å²) in [4.78, 5) is 11.5. The fraction of sp³-hybridized carbons (Fsp3) is 0.941. The van der Waals surface area contributed by atoms with Crippen molar-refractivity contribution in [2.75, 3.05) is 66.0 Å². The highest BCUT2D eigenvalue weighted by Gasteiger charge is 2.09. The third kappa shape index (κ3) is 19.4. The van der Waals surface area contributed by atoms with E-state index in [9.17, 15) is 9.90 Å². The molecule has 8 nitrogen and oxygen atoms in total. The molecule has 0 fully saturated rings. The first-order valence-electron chi connectivity index (χ1n) is 9.07. The molecule has 0 saturated carbocycles. The van der Waals surface area contributed by atoms with Gasteiger partial charge < -0.3 is 34.5 Å². The highest BCUT2D eigenvalue weighted by atomic mass is 16.6. The summed E-state index contributed by atoms with van der Waals surface area (Å²) in [5.41, 5.74) is 0. The number of aliphatic hydroxyl groups is 2. The van der Waals surface area contributed by atoms with Gasteiger partial charge in [-0.05, 0) is 19.3 Å². The van der Waals surface area contributed by atoms with E-state index < -0.39 is 6.10 Å². The Kier molecular flexibility index (Phi) is 19.0. The minimum absolute atomic E-state index is 0.0219. The van der Waals surface area contributed by atoms with Gasteiger partial charge in [-0.15, -0.1) is 0 Å². The Morgan fingerprint density at radius 2 is 1.44 bits per heavy atom. The molecule has 0 spiro atoms. The molecule has 0 saturated heterocycles. The lowest BCUT2D eigenvalue weighted by Gasteiger charge is -2.10. The maximum atomic E-state index is 11.5. The Bertz CT molecular complexity index is 292. The molecular formula is C17H35NO7. The van der Waals surface area contributed by atoms with Crippen LogP contribution >= 0.6 is 0 Å². The molecule has 0 bridgehead atoms. The third-order valence-electron chi connectivity index (χ3n) is 3.15. The summed E-state index contributed by atoms with van der Waals surface area (Å²) in [6, 6.07) is 0. The van der Waals surface area contributed by atoms with E-state index in [-0.39, 0.29) is 18.9 Å². The van der Waals surface area contributed by atoms with E-state index in [4.69, 9.17) is 24.1 Å². The topological polar surface area (TPSA) is 106 Å². The molecule has 0 heterocycles. The molecule has 1 amide bonds. The molecule has 0 aliphatic rings. The molecule has 0 rings (SSSR count). The Hall–Kier alpha value is -0.770. The molecule has 1 unspecified atom stereocenters. The lowest BCUT2D eigenvalue weighted by molar-refractivity contribution is -0.123. The normalized spacial score (nSPS) is 12.3. The highest BCUT2D eigenvalue weighted by molar-refractivity contribution is 5.76. The van der Waals surface area contributed by atoms with Crippen LogP contribution in [0.3, 0.4) is 0 Å². The van der Waals surface area contributed by atoms with Crippen molar-refractivity contribution in [3.8, 4) is 0 Å². The van der Waals surface area contributed by atoms with Crippen LogP contribution in [-0.4, -0.2) is 88.2 Å². The fourth-order valence-corrected chi connectivity index (χ4v) is 1.88. The standard InChI is InChI=1S/C17H35NO7/c1-2-7-22-9-11-24-13-14-25-12-10-23-8-5-18-17(21)15-16(20)4-3-6-19/h16,19-20H,2-15H2,1H3,(H,18,21). The fourth-order valence-electron chi connectivity index (χ4n) is 1.88.